The Balaban J connectivity index is 0.000000136. The summed E-state index contributed by atoms with van der Waals surface area (Å²) < 4.78 is 24.2. The van der Waals surface area contributed by atoms with Gasteiger partial charge in [0.15, 0.2) is 16.9 Å². The number of aromatic nitrogens is 17. The van der Waals surface area contributed by atoms with Crippen molar-refractivity contribution in [3.05, 3.63) is 167 Å². The van der Waals surface area contributed by atoms with E-state index in [0.717, 1.165) is 212 Å². The maximum Gasteiger partial charge on any atom is 0.322 e. The molecule has 18 rings (SSSR count). The number of nitrogens with one attached hydrogen (secondary N) is 7. The van der Waals surface area contributed by atoms with Crippen LogP contribution < -0.4 is 35.5 Å². The van der Waals surface area contributed by atoms with E-state index in [0.29, 0.717) is 74.4 Å². The predicted octanol–water partition coefficient (Wildman–Crippen LogP) is 12.8. The molecule has 3 atom stereocenters. The first-order valence-electron chi connectivity index (χ1n) is 43.3. The minimum atomic E-state index is -0.0246. The van der Waals surface area contributed by atoms with Gasteiger partial charge in [-0.15, -0.1) is 0 Å². The van der Waals surface area contributed by atoms with Crippen molar-refractivity contribution in [2.24, 2.45) is 5.92 Å². The molecule has 122 heavy (non-hydrogen) atoms. The van der Waals surface area contributed by atoms with Crippen LogP contribution in [0.3, 0.4) is 0 Å². The SMILES string of the molecule is C=CC(=O)N1CCC(c2cc3ccc(CNc4nc(OC5CCN(C)CC5)nc5c(C(C)C)cnn45)cc3[nH]2)C1.C=CC(=O)N1CCC(c2nc3ccc(CNc4nc(OC5CCN(C)CC5)nc5c(C(C)C)cnn45)cc3[nH]2)C1.CCC(=O)Nc1ccc(-c2nc3c([nH]2)CC(CNc2nc(OC4CCN(C)CC4)nc4c(C(C)C)cnn24)C=C3)cc1. The van der Waals surface area contributed by atoms with Gasteiger partial charge in [-0.2, -0.15) is 58.7 Å². The highest BCUT2D eigenvalue weighted by Crippen LogP contribution is 2.35. The lowest BCUT2D eigenvalue weighted by Gasteiger charge is -2.28. The van der Waals surface area contributed by atoms with E-state index in [1.54, 1.807) is 13.5 Å². The van der Waals surface area contributed by atoms with Crippen LogP contribution in [0.2, 0.25) is 0 Å². The van der Waals surface area contributed by atoms with Crippen LogP contribution in [0.15, 0.2) is 117 Å². The van der Waals surface area contributed by atoms with E-state index in [9.17, 15) is 14.4 Å². The molecule has 0 bridgehead atoms. The Labute approximate surface area is 710 Å². The van der Waals surface area contributed by atoms with Crippen molar-refractivity contribution < 1.29 is 28.6 Å². The van der Waals surface area contributed by atoms with Gasteiger partial charge in [-0.05, 0) is 180 Å². The number of nitrogens with zero attached hydrogens (tertiary/aromatic N) is 19. The molecule has 5 saturated heterocycles. The second-order valence-electron chi connectivity index (χ2n) is 34.2. The number of carbonyl (C=O) groups is 3. The van der Waals surface area contributed by atoms with Gasteiger partial charge in [0.25, 0.3) is 0 Å². The summed E-state index contributed by atoms with van der Waals surface area (Å²) in [6, 6.07) is 23.8. The number of aromatic amines is 3. The number of hydrogen-bond donors (Lipinski definition) is 7. The number of amides is 3. The summed E-state index contributed by atoms with van der Waals surface area (Å²) in [5, 5.41) is 28.3. The predicted molar refractivity (Wildman–Crippen MR) is 473 cm³/mol. The number of anilines is 4. The third-order valence-electron chi connectivity index (χ3n) is 24.2. The molecule has 1 aliphatic carbocycles. The summed E-state index contributed by atoms with van der Waals surface area (Å²) in [5.74, 6) is 5.14. The molecule has 14 heterocycles. The number of carbonyl (C=O) groups excluding carboxylic acids is 3. The second-order valence-corrected chi connectivity index (χ2v) is 34.2. The van der Waals surface area contributed by atoms with Gasteiger partial charge in [0.05, 0.1) is 35.3 Å². The maximum atomic E-state index is 12.0. The minimum Gasteiger partial charge on any atom is -0.460 e. The van der Waals surface area contributed by atoms with Gasteiger partial charge in [0.2, 0.25) is 35.6 Å². The molecule has 7 N–H and O–H groups in total. The van der Waals surface area contributed by atoms with Gasteiger partial charge in [0, 0.05) is 154 Å². The number of imidazole rings is 2. The quantitative estimate of drug-likeness (QED) is 0.0261. The van der Waals surface area contributed by atoms with E-state index in [-0.39, 0.29) is 65.6 Å². The molecule has 5 aliphatic heterocycles. The Bertz CT molecular complexity index is 5520. The topological polar surface area (TPSA) is 346 Å². The third-order valence-corrected chi connectivity index (χ3v) is 24.2. The van der Waals surface area contributed by atoms with Gasteiger partial charge in [-0.25, -0.2) is 9.97 Å². The Morgan fingerprint density at radius 3 is 1.49 bits per heavy atom. The molecular weight excluding hydrogens is 1540 g/mol. The fraction of sp³-hybridized carbons (Fsp3) is 0.467. The first-order valence-corrected chi connectivity index (χ1v) is 43.3. The lowest BCUT2D eigenvalue weighted by molar-refractivity contribution is -0.125. The van der Waals surface area contributed by atoms with E-state index >= 15 is 0 Å². The first-order chi connectivity index (χ1) is 59.1. The molecular formula is C90H114N26O6. The van der Waals surface area contributed by atoms with Crippen LogP contribution in [0, 0.1) is 5.92 Å². The van der Waals surface area contributed by atoms with Crippen LogP contribution in [0.5, 0.6) is 18.0 Å². The molecule has 0 radical (unpaired) electrons. The van der Waals surface area contributed by atoms with Crippen molar-refractivity contribution in [2.45, 2.75) is 174 Å². The molecule has 12 aromatic rings. The van der Waals surface area contributed by atoms with Crippen LogP contribution in [0.1, 0.15) is 187 Å². The molecule has 32 nitrogen and oxygen atoms in total. The number of fused-ring (bicyclic) bond motifs is 6. The van der Waals surface area contributed by atoms with E-state index in [1.807, 2.05) is 65.6 Å². The minimum absolute atomic E-state index is 0.00220. The second kappa shape index (κ2) is 37.0. The first kappa shape index (κ1) is 83.5. The number of benzene rings is 3. The van der Waals surface area contributed by atoms with Crippen molar-refractivity contribution >= 4 is 86.2 Å². The Kier molecular flexibility index (Phi) is 25.4. The lowest BCUT2D eigenvalue weighted by Crippen LogP contribution is -2.36. The summed E-state index contributed by atoms with van der Waals surface area (Å²) in [4.78, 5) is 95.1. The fourth-order valence-corrected chi connectivity index (χ4v) is 16.8. The molecule has 3 aromatic carbocycles. The van der Waals surface area contributed by atoms with E-state index in [2.05, 4.69) is 191 Å². The average molecular weight is 1660 g/mol. The summed E-state index contributed by atoms with van der Waals surface area (Å²) in [6.45, 7) is 32.6. The molecule has 9 aromatic heterocycles. The number of hydrogen-bond acceptors (Lipinski definition) is 23. The molecule has 0 saturated carbocycles. The summed E-state index contributed by atoms with van der Waals surface area (Å²) in [5.41, 5.74) is 15.7. The monoisotopic (exact) mass is 1650 g/mol. The smallest absolute Gasteiger partial charge is 0.322 e. The number of likely N-dealkylation sites (tertiary alicyclic amines) is 5. The highest BCUT2D eigenvalue weighted by atomic mass is 16.5. The van der Waals surface area contributed by atoms with Gasteiger partial charge < -0.3 is 74.9 Å². The lowest BCUT2D eigenvalue weighted by atomic mass is 9.96. The zero-order chi connectivity index (χ0) is 84.8. The van der Waals surface area contributed by atoms with Gasteiger partial charge in [0.1, 0.15) is 30.0 Å². The van der Waals surface area contributed by atoms with Crippen LogP contribution >= 0.6 is 0 Å². The number of H-pyrrole nitrogens is 3. The Hall–Kier alpha value is -12.2. The molecule has 640 valence electrons. The van der Waals surface area contributed by atoms with E-state index in [4.69, 9.17) is 54.1 Å². The molecule has 5 fully saturated rings. The van der Waals surface area contributed by atoms with Crippen molar-refractivity contribution in [1.82, 2.24) is 108 Å². The normalized spacial score (nSPS) is 18.3. The van der Waals surface area contributed by atoms with Gasteiger partial charge in [-0.3, -0.25) is 14.4 Å². The summed E-state index contributed by atoms with van der Waals surface area (Å²) >= 11 is 0. The van der Waals surface area contributed by atoms with Crippen molar-refractivity contribution in [2.75, 3.05) is 114 Å². The standard InChI is InChI=1S/C31H39N9O2.C30H38N8O2.C29H37N9O2/c1-5-27(41)34-22-9-7-21(8-10-22)28-35-25-11-6-20(16-26(25)36-28)17-32-30-38-31(42-23-12-14-39(4)15-13-23)37-29-24(19(2)3)18-33-40(29)30;1-5-27(39)37-13-8-22(18-37)26-15-21-7-6-20(14-25(21)33-26)16-31-29-35-30(40-23-9-11-36(4)12-10-23)34-28-24(19(2)3)17-32-38(28)29;1-5-25(39)37-13-8-20(17-37)26-32-23-7-6-19(14-24(23)33-26)15-30-28-35-29(40-21-9-11-36(4)12-10-21)34-27-22(18(2)3)16-31-38(27)28/h6-11,18-20,23H,5,12-17H2,1-4H3,(H,34,41)(H,35,36)(H,32,37,38);5-7,14-15,17,19,22-23,33H,1,8-13,16,18H2,2-4H3,(H,31,34,35);5-7,14,16,18,20-21H,1,8-13,15,17H2,2-4H3,(H,32,33)(H,30,34,35). The maximum absolute atomic E-state index is 12.0. The highest BCUT2D eigenvalue weighted by molar-refractivity contribution is 5.91. The Morgan fingerprint density at radius 2 is 1.00 bits per heavy atom. The Morgan fingerprint density at radius 1 is 0.525 bits per heavy atom. The fourth-order valence-electron chi connectivity index (χ4n) is 16.8. The number of ether oxygens (including phenoxy) is 3. The highest BCUT2D eigenvalue weighted by Gasteiger charge is 2.32. The van der Waals surface area contributed by atoms with E-state index < -0.39 is 0 Å². The zero-order valence-corrected chi connectivity index (χ0v) is 71.7. The third kappa shape index (κ3) is 19.3. The molecule has 3 unspecified atom stereocenters. The van der Waals surface area contributed by atoms with E-state index in [1.165, 1.54) is 23.2 Å². The average Bonchev–Trinajstić information content (AvgIpc) is 1.62. The molecule has 6 aliphatic rings. The largest absolute Gasteiger partial charge is 0.460 e. The molecule has 32 heteroatoms. The zero-order valence-electron chi connectivity index (χ0n) is 71.7. The van der Waals surface area contributed by atoms with Crippen LogP contribution in [0.4, 0.5) is 23.5 Å². The number of piperidine rings is 3. The summed E-state index contributed by atoms with van der Waals surface area (Å²) in [7, 11) is 6.42. The van der Waals surface area contributed by atoms with Gasteiger partial charge >= 0.3 is 18.0 Å². The van der Waals surface area contributed by atoms with Crippen LogP contribution in [0.25, 0.3) is 56.3 Å². The molecule has 3 amide bonds. The van der Waals surface area contributed by atoms with Gasteiger partial charge in [-0.1, -0.05) is 85.9 Å². The molecule has 0 spiro atoms. The van der Waals surface area contributed by atoms with Crippen LogP contribution in [-0.4, -0.2) is 237 Å². The van der Waals surface area contributed by atoms with Crippen molar-refractivity contribution in [3.8, 4) is 29.4 Å². The summed E-state index contributed by atoms with van der Waals surface area (Å²) in [6.07, 6.45) is 21.9. The van der Waals surface area contributed by atoms with Crippen LogP contribution in [-0.2, 0) is 33.9 Å². The number of rotatable bonds is 25. The van der Waals surface area contributed by atoms with Crippen molar-refractivity contribution in [1.29, 1.82) is 0 Å². The van der Waals surface area contributed by atoms with Crippen molar-refractivity contribution in [3.63, 3.8) is 0 Å².